The Kier molecular flexibility index (Phi) is 28.2. The van der Waals surface area contributed by atoms with Crippen molar-refractivity contribution < 1.29 is 34.6 Å². The molecule has 1 aliphatic rings. The van der Waals surface area contributed by atoms with Crippen LogP contribution in [0.15, 0.2) is 382 Å². The minimum atomic E-state index is -3.46. The number of hydrogen-bond acceptors (Lipinski definition) is 23. The molecular weight excluding hydrogens is 2160 g/mol. The van der Waals surface area contributed by atoms with Gasteiger partial charge in [-0.15, -0.1) is 11.8 Å². The first kappa shape index (κ1) is 101. The zero-order valence-corrected chi connectivity index (χ0v) is 88.1. The van der Waals surface area contributed by atoms with Crippen molar-refractivity contribution in [3.05, 3.63) is 405 Å². The molecule has 1 aliphatic heterocycles. The summed E-state index contributed by atoms with van der Waals surface area (Å²) in [5, 5.41) is 21.2. The van der Waals surface area contributed by atoms with E-state index in [9.17, 15) is 44.4 Å². The van der Waals surface area contributed by atoms with Crippen molar-refractivity contribution in [1.82, 2.24) is 87.3 Å². The second kappa shape index (κ2) is 41.0. The number of nitrogens with zero attached hydrogens (tertiary/aromatic N) is 18. The van der Waals surface area contributed by atoms with Crippen LogP contribution in [0.3, 0.4) is 0 Å². The van der Waals surface area contributed by atoms with Crippen molar-refractivity contribution in [2.24, 2.45) is 0 Å². The molecule has 0 bridgehead atoms. The van der Waals surface area contributed by atoms with Gasteiger partial charge in [0.15, 0.2) is 52.1 Å². The quantitative estimate of drug-likeness (QED) is 0.0569. The van der Waals surface area contributed by atoms with Gasteiger partial charge in [-0.2, -0.15) is 20.4 Å². The highest BCUT2D eigenvalue weighted by atomic mass is 79.9. The second-order valence-corrected chi connectivity index (χ2v) is 45.3. The van der Waals surface area contributed by atoms with E-state index in [2.05, 4.69) is 62.2 Å². The average Bonchev–Trinajstić information content (AvgIpc) is 1.61. The second-order valence-electron chi connectivity index (χ2n) is 34.8. The standard InChI is InChI=1S/C30H28BClN4O5S.C28H19ClN6O3S.C24H16BrClN4O3S.C24H16BrClN4OS/c1-29(2)30(3,4)41-31(40-29)20-11-9-19(10-12-20)26-34-27-25(28(37)35(26)22-15-13-21(32)14-16-22)18-33-36(27)23-7-6-8-24(17-23)42(5,38)39;1-39(37,38)23-4-2-3-22(15-23)35-27-24(16-32-35)28(36)34(21-11-9-20(29)10-12-21)26(33-27)19-7-5-18(6-8-19)25-17-30-13-14-31-25;1-34(32,33)20-4-2-3-19(13-20)30-23-21(14-27-30)24(31)29(18-11-9-17(26)10-12-18)22(28-23)15-5-7-16(25)8-6-15;1-32-20-4-2-3-19(13-20)30-23-21(14-27-30)24(31)29(18-11-9-17(26)10-12-18)22(28-23)15-5-7-16(25)8-6-15/h6-18H,1-5H3;2-17H,1H3;2-14H,1H3;2-14H,1H3. The molecule has 0 N–H and O–H groups in total. The summed E-state index contributed by atoms with van der Waals surface area (Å²) in [6.07, 6.45) is 16.2. The van der Waals surface area contributed by atoms with Crippen molar-refractivity contribution in [2.75, 3.05) is 25.0 Å². The Hall–Kier alpha value is -14.6. The van der Waals surface area contributed by atoms with Crippen LogP contribution < -0.4 is 27.7 Å². The minimum Gasteiger partial charge on any atom is -0.399 e. The number of thioether (sulfide) groups is 1. The molecule has 0 amide bonds. The summed E-state index contributed by atoms with van der Waals surface area (Å²) in [6, 6.07) is 85.1. The predicted octanol–water partition coefficient (Wildman–Crippen LogP) is 20.8. The van der Waals surface area contributed by atoms with Crippen LogP contribution in [-0.2, 0) is 38.8 Å². The van der Waals surface area contributed by atoms with E-state index in [1.165, 1.54) is 82.7 Å². The number of fused-ring (bicyclic) bond motifs is 4. The van der Waals surface area contributed by atoms with Gasteiger partial charge in [0.25, 0.3) is 22.2 Å². The Morgan fingerprint density at radius 2 is 0.599 bits per heavy atom. The SMILES string of the molecule is CC1(C)OB(c2ccc(-c3nc4c(cnn4-c4cccc(S(C)(=O)=O)c4)c(=O)n3-c3ccc(Cl)cc3)cc2)OC1(C)C.CS(=O)(=O)c1cccc(-n2ncc3c(=O)n(-c4ccc(Cl)cc4)c(-c4ccc(-c5cnccn5)cc4)nc32)c1.CS(=O)(=O)c1cccc(-n2ncc3c(=O)n(-c4ccc(Cl)cc4)c(-c4ccc(Br)cc4)nc32)c1.CSc1cccc(-n2ncc3c(=O)n(-c4ccc(Cl)cc4)c(-c4ccc(Br)cc4)nc32)c1. The first-order valence-electron chi connectivity index (χ1n) is 44.8. The summed E-state index contributed by atoms with van der Waals surface area (Å²) in [6.45, 7) is 8.00. The third-order valence-electron chi connectivity index (χ3n) is 24.4. The maximum atomic E-state index is 14.0. The van der Waals surface area contributed by atoms with Gasteiger partial charge in [-0.25, -0.2) is 63.9 Å². The molecule has 0 aliphatic carbocycles. The topological polar surface area (TPSA) is 357 Å². The van der Waals surface area contributed by atoms with Gasteiger partial charge in [0.2, 0.25) is 0 Å². The summed E-state index contributed by atoms with van der Waals surface area (Å²) in [5.41, 5.74) is 9.28. The van der Waals surface area contributed by atoms with Crippen LogP contribution >= 0.6 is 90.0 Å². The first-order chi connectivity index (χ1) is 70.3. The molecule has 30 nitrogen and oxygen atoms in total. The molecule has 12 aromatic carbocycles. The fourth-order valence-corrected chi connectivity index (χ4v) is 19.7. The van der Waals surface area contributed by atoms with Gasteiger partial charge in [-0.3, -0.25) is 47.4 Å². The molecule has 22 rings (SSSR count). The van der Waals surface area contributed by atoms with Crippen LogP contribution in [0.4, 0.5) is 0 Å². The van der Waals surface area contributed by atoms with Crippen LogP contribution in [0.2, 0.25) is 20.1 Å². The van der Waals surface area contributed by atoms with Crippen LogP contribution in [0.1, 0.15) is 27.7 Å². The molecule has 0 spiro atoms. The van der Waals surface area contributed by atoms with E-state index in [0.717, 1.165) is 60.4 Å². The Morgan fingerprint density at radius 1 is 0.327 bits per heavy atom. The number of sulfone groups is 3. The molecule has 0 radical (unpaired) electrons. The van der Waals surface area contributed by atoms with Gasteiger partial charge in [-0.05, 0) is 234 Å². The number of hydrogen-bond donors (Lipinski definition) is 0. The van der Waals surface area contributed by atoms with E-state index in [0.29, 0.717) is 133 Å². The minimum absolute atomic E-state index is 0.136. The zero-order valence-electron chi connectivity index (χ0n) is 78.7. The highest BCUT2D eigenvalue weighted by molar-refractivity contribution is 9.10. The van der Waals surface area contributed by atoms with Gasteiger partial charge >= 0.3 is 7.12 Å². The lowest BCUT2D eigenvalue weighted by atomic mass is 9.79. The molecule has 9 aromatic heterocycles. The van der Waals surface area contributed by atoms with E-state index >= 15 is 0 Å². The lowest BCUT2D eigenvalue weighted by Gasteiger charge is -2.32. The third kappa shape index (κ3) is 20.9. The summed E-state index contributed by atoms with van der Waals surface area (Å²) >= 11 is 33.0. The monoisotopic (exact) mass is 2230 g/mol. The Morgan fingerprint density at radius 3 is 0.878 bits per heavy atom. The molecule has 0 unspecified atom stereocenters. The fourth-order valence-electron chi connectivity index (χ4n) is 16.2. The van der Waals surface area contributed by atoms with Crippen LogP contribution in [0.5, 0.6) is 0 Å². The van der Waals surface area contributed by atoms with E-state index in [1.54, 1.807) is 167 Å². The smallest absolute Gasteiger partial charge is 0.399 e. The van der Waals surface area contributed by atoms with E-state index in [4.69, 9.17) is 75.6 Å². The Labute approximate surface area is 881 Å². The molecule has 21 aromatic rings. The van der Waals surface area contributed by atoms with Crippen LogP contribution in [0.25, 0.3) is 146 Å². The maximum Gasteiger partial charge on any atom is 0.494 e. The molecule has 0 atom stereocenters. The van der Waals surface area contributed by atoms with Gasteiger partial charge in [0, 0.05) is 92.9 Å². The summed E-state index contributed by atoms with van der Waals surface area (Å²) in [5.74, 6) is 1.69. The van der Waals surface area contributed by atoms with Crippen LogP contribution in [-0.4, -0.2) is 156 Å². The molecule has 0 saturated carbocycles. The summed E-state index contributed by atoms with van der Waals surface area (Å²) in [7, 11) is -10.9. The fraction of sp³-hybridized carbons (Fsp3) is 0.0943. The lowest BCUT2D eigenvalue weighted by molar-refractivity contribution is 0.00578. The Balaban J connectivity index is 0.000000124. The summed E-state index contributed by atoms with van der Waals surface area (Å²) in [4.78, 5) is 84.8. The molecular formula is C106H79BBr2Cl4N18O12S4. The van der Waals surface area contributed by atoms with E-state index in [-0.39, 0.29) is 47.7 Å². The van der Waals surface area contributed by atoms with Gasteiger partial charge < -0.3 is 9.31 Å². The van der Waals surface area contributed by atoms with Crippen molar-refractivity contribution in [3.8, 4) is 102 Å². The van der Waals surface area contributed by atoms with Crippen LogP contribution in [0, 0.1) is 0 Å². The largest absolute Gasteiger partial charge is 0.494 e. The molecule has 1 fully saturated rings. The van der Waals surface area contributed by atoms with Gasteiger partial charge in [0.1, 0.15) is 44.8 Å². The highest BCUT2D eigenvalue weighted by Gasteiger charge is 2.52. The van der Waals surface area contributed by atoms with Crippen molar-refractivity contribution in [3.63, 3.8) is 0 Å². The van der Waals surface area contributed by atoms with E-state index in [1.807, 2.05) is 167 Å². The molecule has 1 saturated heterocycles. The Bertz CT molecular complexity index is 9350. The van der Waals surface area contributed by atoms with Crippen molar-refractivity contribution in [1.29, 1.82) is 0 Å². The first-order valence-corrected chi connectivity index (χ1v) is 54.8. The molecule has 41 heteroatoms. The molecule has 10 heterocycles. The van der Waals surface area contributed by atoms with Gasteiger partial charge in [-0.1, -0.05) is 175 Å². The molecule has 734 valence electrons. The number of rotatable bonds is 18. The van der Waals surface area contributed by atoms with E-state index < -0.39 is 47.8 Å². The van der Waals surface area contributed by atoms with Crippen molar-refractivity contribution >= 4 is 176 Å². The highest BCUT2D eigenvalue weighted by Crippen LogP contribution is 2.39. The summed E-state index contributed by atoms with van der Waals surface area (Å²) < 4.78 is 99.3. The predicted molar refractivity (Wildman–Crippen MR) is 583 cm³/mol. The average molecular weight is 2240 g/mol. The number of halogens is 6. The maximum absolute atomic E-state index is 14.0. The number of benzene rings is 12. The zero-order chi connectivity index (χ0) is 103. The lowest BCUT2D eigenvalue weighted by Crippen LogP contribution is -2.41. The third-order valence-corrected chi connectivity index (χ3v) is 30.5. The van der Waals surface area contributed by atoms with Crippen molar-refractivity contribution in [2.45, 2.75) is 58.5 Å². The number of aromatic nitrogens is 18. The molecule has 147 heavy (non-hydrogen) atoms. The normalized spacial score (nSPS) is 12.9. The van der Waals surface area contributed by atoms with Gasteiger partial charge in [0.05, 0.1) is 108 Å².